The zero-order chi connectivity index (χ0) is 12.1. The molecule has 0 amide bonds. The van der Waals surface area contributed by atoms with Gasteiger partial charge in [0, 0.05) is 11.8 Å². The molecule has 2 aliphatic heterocycles. The highest BCUT2D eigenvalue weighted by Crippen LogP contribution is 2.30. The number of nitrogens with one attached hydrogen (secondary N) is 1. The first kappa shape index (κ1) is 12.5. The smallest absolute Gasteiger partial charge is 0.122 e. The Morgan fingerprint density at radius 1 is 1.47 bits per heavy atom. The summed E-state index contributed by atoms with van der Waals surface area (Å²) in [5, 5.41) is 5.14. The standard InChI is InChI=1S/C13H23N3O/c1-2-9-17-13-5-8-16(14)10-12(13)11-3-6-15-7-4-11/h5,10-11,15H,2-4,6-9,14H2,1H3. The van der Waals surface area contributed by atoms with E-state index in [2.05, 4.69) is 24.5 Å². The van der Waals surface area contributed by atoms with Crippen LogP contribution in [0.2, 0.25) is 0 Å². The molecule has 1 fully saturated rings. The van der Waals surface area contributed by atoms with E-state index in [9.17, 15) is 0 Å². The van der Waals surface area contributed by atoms with Crippen molar-refractivity contribution in [1.82, 2.24) is 10.3 Å². The maximum absolute atomic E-state index is 5.86. The van der Waals surface area contributed by atoms with Gasteiger partial charge in [-0.25, -0.2) is 5.84 Å². The van der Waals surface area contributed by atoms with Crippen molar-refractivity contribution in [2.45, 2.75) is 26.2 Å². The van der Waals surface area contributed by atoms with E-state index in [1.165, 1.54) is 18.4 Å². The Kier molecular flexibility index (Phi) is 4.45. The van der Waals surface area contributed by atoms with Crippen LogP contribution >= 0.6 is 0 Å². The second-order valence-corrected chi connectivity index (χ2v) is 4.72. The lowest BCUT2D eigenvalue weighted by atomic mass is 9.88. The molecule has 0 aromatic carbocycles. The monoisotopic (exact) mass is 237 g/mol. The second kappa shape index (κ2) is 6.07. The van der Waals surface area contributed by atoms with Gasteiger partial charge in [-0.3, -0.25) is 0 Å². The summed E-state index contributed by atoms with van der Waals surface area (Å²) in [5.74, 6) is 7.51. The molecule has 96 valence electrons. The van der Waals surface area contributed by atoms with Crippen LogP contribution in [-0.2, 0) is 4.74 Å². The fraction of sp³-hybridized carbons (Fsp3) is 0.692. The van der Waals surface area contributed by atoms with Crippen LogP contribution in [0.1, 0.15) is 26.2 Å². The molecule has 0 spiro atoms. The highest BCUT2D eigenvalue weighted by molar-refractivity contribution is 5.31. The van der Waals surface area contributed by atoms with E-state index in [1.54, 1.807) is 5.01 Å². The number of rotatable bonds is 4. The summed E-state index contributed by atoms with van der Waals surface area (Å²) in [5.41, 5.74) is 1.29. The van der Waals surface area contributed by atoms with Crippen LogP contribution in [0, 0.1) is 5.92 Å². The fourth-order valence-electron chi connectivity index (χ4n) is 2.39. The van der Waals surface area contributed by atoms with Gasteiger partial charge in [0.15, 0.2) is 0 Å². The Hall–Kier alpha value is -1.00. The molecule has 4 heteroatoms. The maximum atomic E-state index is 5.86. The van der Waals surface area contributed by atoms with Gasteiger partial charge in [0.1, 0.15) is 5.76 Å². The highest BCUT2D eigenvalue weighted by atomic mass is 16.5. The number of hydrogen-bond donors (Lipinski definition) is 2. The quantitative estimate of drug-likeness (QED) is 0.725. The van der Waals surface area contributed by atoms with E-state index >= 15 is 0 Å². The summed E-state index contributed by atoms with van der Waals surface area (Å²) in [6, 6.07) is 0. The predicted octanol–water partition coefficient (Wildman–Crippen LogP) is 1.37. The van der Waals surface area contributed by atoms with Crippen LogP contribution in [0.4, 0.5) is 0 Å². The summed E-state index contributed by atoms with van der Waals surface area (Å²) in [7, 11) is 0. The largest absolute Gasteiger partial charge is 0.494 e. The van der Waals surface area contributed by atoms with Gasteiger partial charge in [-0.15, -0.1) is 0 Å². The molecule has 0 aromatic rings. The van der Waals surface area contributed by atoms with Crippen molar-refractivity contribution < 1.29 is 4.74 Å². The molecular weight excluding hydrogens is 214 g/mol. The number of ether oxygens (including phenoxy) is 1. The zero-order valence-electron chi connectivity index (χ0n) is 10.6. The van der Waals surface area contributed by atoms with Crippen LogP contribution in [0.15, 0.2) is 23.6 Å². The summed E-state index contributed by atoms with van der Waals surface area (Å²) in [6.07, 6.45) is 7.55. The fourth-order valence-corrected chi connectivity index (χ4v) is 2.39. The Balaban J connectivity index is 2.05. The van der Waals surface area contributed by atoms with Crippen molar-refractivity contribution >= 4 is 0 Å². The lowest BCUT2D eigenvalue weighted by Gasteiger charge is -2.30. The first-order chi connectivity index (χ1) is 8.31. The van der Waals surface area contributed by atoms with Crippen molar-refractivity contribution in [1.29, 1.82) is 0 Å². The van der Waals surface area contributed by atoms with E-state index < -0.39 is 0 Å². The Morgan fingerprint density at radius 2 is 2.24 bits per heavy atom. The SMILES string of the molecule is CCCOC1=CCN(N)C=C1C1CCNCC1. The minimum absolute atomic E-state index is 0.589. The molecule has 1 saturated heterocycles. The average molecular weight is 237 g/mol. The molecule has 0 atom stereocenters. The molecule has 3 N–H and O–H groups in total. The normalized spacial score (nSPS) is 22.1. The lowest BCUT2D eigenvalue weighted by Crippen LogP contribution is -2.34. The summed E-state index contributed by atoms with van der Waals surface area (Å²) in [6.45, 7) is 5.85. The molecule has 2 rings (SSSR count). The number of hydrogen-bond acceptors (Lipinski definition) is 4. The van der Waals surface area contributed by atoms with Gasteiger partial charge in [-0.1, -0.05) is 6.92 Å². The Labute approximate surface area is 103 Å². The summed E-state index contributed by atoms with van der Waals surface area (Å²) < 4.78 is 5.84. The van der Waals surface area contributed by atoms with Crippen molar-refractivity contribution in [3.05, 3.63) is 23.6 Å². The van der Waals surface area contributed by atoms with Crippen molar-refractivity contribution in [2.75, 3.05) is 26.2 Å². The predicted molar refractivity (Wildman–Crippen MR) is 68.9 cm³/mol. The van der Waals surface area contributed by atoms with Gasteiger partial charge in [0.2, 0.25) is 0 Å². The Bertz CT molecular complexity index is 306. The Morgan fingerprint density at radius 3 is 2.94 bits per heavy atom. The van der Waals surface area contributed by atoms with Gasteiger partial charge in [0.25, 0.3) is 0 Å². The van der Waals surface area contributed by atoms with Gasteiger partial charge in [0.05, 0.1) is 13.2 Å². The van der Waals surface area contributed by atoms with Crippen molar-refractivity contribution in [3.63, 3.8) is 0 Å². The molecule has 0 radical (unpaired) electrons. The number of allylic oxidation sites excluding steroid dienone is 1. The second-order valence-electron chi connectivity index (χ2n) is 4.72. The van der Waals surface area contributed by atoms with Crippen LogP contribution in [-0.4, -0.2) is 31.3 Å². The molecule has 2 heterocycles. The van der Waals surface area contributed by atoms with E-state index in [0.717, 1.165) is 38.4 Å². The van der Waals surface area contributed by atoms with E-state index in [0.29, 0.717) is 5.92 Å². The highest BCUT2D eigenvalue weighted by Gasteiger charge is 2.23. The topological polar surface area (TPSA) is 50.5 Å². The van der Waals surface area contributed by atoms with Crippen LogP contribution in [0.5, 0.6) is 0 Å². The number of piperidine rings is 1. The molecule has 17 heavy (non-hydrogen) atoms. The van der Waals surface area contributed by atoms with Crippen LogP contribution < -0.4 is 11.2 Å². The number of nitrogens with two attached hydrogens (primary N) is 1. The molecule has 0 unspecified atom stereocenters. The summed E-state index contributed by atoms with van der Waals surface area (Å²) >= 11 is 0. The van der Waals surface area contributed by atoms with Gasteiger partial charge in [-0.05, 0) is 44.3 Å². The van der Waals surface area contributed by atoms with Crippen molar-refractivity contribution in [3.8, 4) is 0 Å². The van der Waals surface area contributed by atoms with Crippen LogP contribution in [0.25, 0.3) is 0 Å². The zero-order valence-corrected chi connectivity index (χ0v) is 10.6. The molecule has 2 aliphatic rings. The van der Waals surface area contributed by atoms with Gasteiger partial charge in [-0.2, -0.15) is 0 Å². The molecule has 0 bridgehead atoms. The first-order valence-corrected chi connectivity index (χ1v) is 6.58. The molecule has 4 nitrogen and oxygen atoms in total. The average Bonchev–Trinajstić information content (AvgIpc) is 2.38. The third kappa shape index (κ3) is 3.23. The van der Waals surface area contributed by atoms with Gasteiger partial charge < -0.3 is 15.1 Å². The van der Waals surface area contributed by atoms with Gasteiger partial charge >= 0.3 is 0 Å². The van der Waals surface area contributed by atoms with Crippen LogP contribution in [0.3, 0.4) is 0 Å². The molecule has 0 saturated carbocycles. The molecular formula is C13H23N3O. The minimum Gasteiger partial charge on any atom is -0.494 e. The van der Waals surface area contributed by atoms with Crippen molar-refractivity contribution in [2.24, 2.45) is 11.8 Å². The third-order valence-electron chi connectivity index (χ3n) is 3.32. The molecule has 0 aromatic heterocycles. The molecule has 0 aliphatic carbocycles. The third-order valence-corrected chi connectivity index (χ3v) is 3.32. The lowest BCUT2D eigenvalue weighted by molar-refractivity contribution is 0.203. The maximum Gasteiger partial charge on any atom is 0.122 e. The number of nitrogens with zero attached hydrogens (tertiary/aromatic N) is 1. The van der Waals surface area contributed by atoms with E-state index in [4.69, 9.17) is 10.6 Å². The number of hydrazine groups is 1. The summed E-state index contributed by atoms with van der Waals surface area (Å²) in [4.78, 5) is 0. The minimum atomic E-state index is 0.589. The first-order valence-electron chi connectivity index (χ1n) is 6.58. The van der Waals surface area contributed by atoms with E-state index in [1.807, 2.05) is 0 Å². The van der Waals surface area contributed by atoms with E-state index in [-0.39, 0.29) is 0 Å².